The number of hydrogen-bond donors (Lipinski definition) is 4. The highest BCUT2D eigenvalue weighted by atomic mass is 79.9. The number of fused-ring (bicyclic) bond motifs is 1. The fourth-order valence-corrected chi connectivity index (χ4v) is 9.12. The van der Waals surface area contributed by atoms with Crippen molar-refractivity contribution in [3.63, 3.8) is 0 Å². The SMILES string of the molecule is CN/C=C(\C=N)c1cc(Nc2ncc(Br)c(Nc3ccc4nc(C5CC5)ccc4c3P(C)(C)=O)n2)c(OC)cc1N1CCC(N2CCOCC2)CC1. The van der Waals surface area contributed by atoms with Crippen molar-refractivity contribution in [1.82, 2.24) is 25.2 Å². The van der Waals surface area contributed by atoms with E-state index in [-0.39, 0.29) is 0 Å². The van der Waals surface area contributed by atoms with E-state index >= 15 is 0 Å². The minimum atomic E-state index is -2.74. The molecule has 0 atom stereocenters. The van der Waals surface area contributed by atoms with Gasteiger partial charge in [0.2, 0.25) is 5.95 Å². The molecule has 2 aromatic heterocycles. The number of aromatic nitrogens is 3. The molecule has 0 bridgehead atoms. The Morgan fingerprint density at radius 1 is 1.02 bits per heavy atom. The summed E-state index contributed by atoms with van der Waals surface area (Å²) in [5, 5.41) is 19.8. The Morgan fingerprint density at radius 2 is 1.79 bits per heavy atom. The van der Waals surface area contributed by atoms with Crippen LogP contribution in [0.4, 0.5) is 28.8 Å². The summed E-state index contributed by atoms with van der Waals surface area (Å²) in [6.07, 6.45) is 9.35. The fraction of sp³-hybridized carbons (Fsp3) is 0.421. The molecule has 0 spiro atoms. The van der Waals surface area contributed by atoms with E-state index in [2.05, 4.69) is 58.8 Å². The van der Waals surface area contributed by atoms with Crippen LogP contribution in [0, 0.1) is 5.41 Å². The molecule has 1 aliphatic carbocycles. The monoisotopic (exact) mass is 787 g/mol. The number of hydrogen-bond acceptors (Lipinski definition) is 12. The highest BCUT2D eigenvalue weighted by Gasteiger charge is 2.29. The Labute approximate surface area is 313 Å². The molecule has 0 amide bonds. The van der Waals surface area contributed by atoms with Crippen molar-refractivity contribution in [3.8, 4) is 5.75 Å². The van der Waals surface area contributed by atoms with Gasteiger partial charge in [0.1, 0.15) is 18.7 Å². The van der Waals surface area contributed by atoms with Crippen LogP contribution in [0.5, 0.6) is 5.75 Å². The first-order chi connectivity index (χ1) is 25.2. The van der Waals surface area contributed by atoms with Gasteiger partial charge in [-0.15, -0.1) is 0 Å². The Morgan fingerprint density at radius 3 is 2.46 bits per heavy atom. The molecule has 2 aliphatic heterocycles. The maximum absolute atomic E-state index is 13.8. The lowest BCUT2D eigenvalue weighted by molar-refractivity contribution is 0.0115. The standard InChI is InChI=1S/C38H47BrN9O3P/c1-41-22-25(21-40)28-19-33(35(50-2)20-34(28)48-13-11-26(12-14-48)47-15-17-51-18-16-47)45-38-42-23-29(39)37(46-38)44-32-10-9-31-27(36(32)52(3,4)49)7-8-30(43-31)24-5-6-24/h7-10,19-24,26,40-41H,5-6,11-18H2,1-4H3,(H2,42,44,45,46)/b25-22+,40-21?. The van der Waals surface area contributed by atoms with Crippen molar-refractivity contribution in [2.75, 3.05) is 82.4 Å². The van der Waals surface area contributed by atoms with E-state index in [0.29, 0.717) is 45.3 Å². The topological polar surface area (TPSA) is 141 Å². The summed E-state index contributed by atoms with van der Waals surface area (Å²) in [5.74, 6) is 2.03. The summed E-state index contributed by atoms with van der Waals surface area (Å²) in [7, 11) is 0.752. The minimum absolute atomic E-state index is 0.345. The quantitative estimate of drug-likeness (QED) is 0.0879. The van der Waals surface area contributed by atoms with Crippen molar-refractivity contribution < 1.29 is 14.0 Å². The van der Waals surface area contributed by atoms with E-state index in [4.69, 9.17) is 24.9 Å². The van der Waals surface area contributed by atoms with Gasteiger partial charge in [0, 0.05) is 103 Å². The molecule has 14 heteroatoms. The molecule has 4 aromatic rings. The van der Waals surface area contributed by atoms with Crippen molar-refractivity contribution in [3.05, 3.63) is 64.5 Å². The summed E-state index contributed by atoms with van der Waals surface area (Å²) in [4.78, 5) is 19.3. The van der Waals surface area contributed by atoms with Gasteiger partial charge in [-0.25, -0.2) is 4.98 Å². The van der Waals surface area contributed by atoms with Gasteiger partial charge in [-0.2, -0.15) is 4.98 Å². The molecule has 3 fully saturated rings. The molecule has 0 radical (unpaired) electrons. The third kappa shape index (κ3) is 7.83. The van der Waals surface area contributed by atoms with E-state index in [1.54, 1.807) is 26.6 Å². The van der Waals surface area contributed by atoms with Crippen molar-refractivity contribution in [1.29, 1.82) is 5.41 Å². The van der Waals surface area contributed by atoms with Gasteiger partial charge in [0.25, 0.3) is 0 Å². The van der Waals surface area contributed by atoms with Gasteiger partial charge >= 0.3 is 0 Å². The third-order valence-corrected chi connectivity index (χ3v) is 12.2. The Bertz CT molecular complexity index is 2040. The first-order valence-corrected chi connectivity index (χ1v) is 21.3. The number of piperidine rings is 1. The molecular weight excluding hydrogens is 741 g/mol. The first-order valence-electron chi connectivity index (χ1n) is 17.9. The number of halogens is 1. The van der Waals surface area contributed by atoms with Gasteiger partial charge in [0.15, 0.2) is 0 Å². The fourth-order valence-electron chi connectivity index (χ4n) is 7.35. The Hall–Kier alpha value is -4.03. The second kappa shape index (κ2) is 15.5. The molecule has 1 saturated carbocycles. The van der Waals surface area contributed by atoms with Crippen molar-refractivity contribution in [2.24, 2.45) is 0 Å². The Balaban J connectivity index is 1.19. The van der Waals surface area contributed by atoms with Crippen LogP contribution in [0.15, 0.2) is 53.3 Å². The second-order valence-electron chi connectivity index (χ2n) is 14.0. The molecule has 274 valence electrons. The van der Waals surface area contributed by atoms with Gasteiger partial charge in [0.05, 0.1) is 41.7 Å². The molecule has 2 saturated heterocycles. The number of anilines is 5. The van der Waals surface area contributed by atoms with Gasteiger partial charge < -0.3 is 40.3 Å². The zero-order chi connectivity index (χ0) is 36.4. The van der Waals surface area contributed by atoms with Crippen LogP contribution < -0.4 is 30.9 Å². The number of ether oxygens (including phenoxy) is 2. The smallest absolute Gasteiger partial charge is 0.229 e. The summed E-state index contributed by atoms with van der Waals surface area (Å²) in [6, 6.07) is 12.6. The number of morpholine rings is 1. The van der Waals surface area contributed by atoms with E-state index in [1.807, 2.05) is 37.5 Å². The normalized spacial score (nSPS) is 17.6. The molecule has 52 heavy (non-hydrogen) atoms. The Kier molecular flexibility index (Phi) is 10.8. The van der Waals surface area contributed by atoms with Crippen molar-refractivity contribution in [2.45, 2.75) is 37.6 Å². The number of nitrogens with one attached hydrogen (secondary N) is 4. The largest absolute Gasteiger partial charge is 0.494 e. The number of nitrogens with zero attached hydrogens (tertiary/aromatic N) is 5. The van der Waals surface area contributed by atoms with Crippen LogP contribution in [-0.4, -0.2) is 99.0 Å². The minimum Gasteiger partial charge on any atom is -0.494 e. The molecule has 4 heterocycles. The number of allylic oxidation sites excluding steroid dienone is 1. The zero-order valence-electron chi connectivity index (χ0n) is 30.2. The van der Waals surface area contributed by atoms with E-state index < -0.39 is 7.14 Å². The average molecular weight is 789 g/mol. The summed E-state index contributed by atoms with van der Waals surface area (Å²) >= 11 is 3.62. The van der Waals surface area contributed by atoms with Crippen LogP contribution in [0.2, 0.25) is 0 Å². The number of methoxy groups -OCH3 is 1. The molecule has 4 N–H and O–H groups in total. The lowest BCUT2D eigenvalue weighted by Crippen LogP contribution is -2.49. The van der Waals surface area contributed by atoms with E-state index in [0.717, 1.165) is 91.0 Å². The maximum atomic E-state index is 13.8. The molecule has 7 rings (SSSR count). The van der Waals surface area contributed by atoms with Crippen LogP contribution in [-0.2, 0) is 9.30 Å². The second-order valence-corrected chi connectivity index (χ2v) is 18.0. The molecule has 2 aromatic carbocycles. The van der Waals surface area contributed by atoms with Crippen LogP contribution in [0.1, 0.15) is 42.9 Å². The zero-order valence-corrected chi connectivity index (χ0v) is 32.7. The molecule has 0 unspecified atom stereocenters. The van der Waals surface area contributed by atoms with Gasteiger partial charge in [-0.05, 0) is 79.2 Å². The van der Waals surface area contributed by atoms with Gasteiger partial charge in [-0.3, -0.25) is 9.88 Å². The summed E-state index contributed by atoms with van der Waals surface area (Å²) in [5.41, 5.74) is 5.97. The molecular formula is C38H47BrN9O3P. The highest BCUT2D eigenvalue weighted by Crippen LogP contribution is 2.44. The van der Waals surface area contributed by atoms with Crippen LogP contribution in [0.3, 0.4) is 0 Å². The summed E-state index contributed by atoms with van der Waals surface area (Å²) < 4.78 is 25.9. The molecule has 3 aliphatic rings. The van der Waals surface area contributed by atoms with Gasteiger partial charge in [-0.1, -0.05) is 6.07 Å². The lowest BCUT2D eigenvalue weighted by Gasteiger charge is -2.41. The molecule has 12 nitrogen and oxygen atoms in total. The number of rotatable bonds is 12. The van der Waals surface area contributed by atoms with Crippen molar-refractivity contribution >= 4 is 79.9 Å². The predicted octanol–water partition coefficient (Wildman–Crippen LogP) is 6.92. The number of benzene rings is 2. The highest BCUT2D eigenvalue weighted by molar-refractivity contribution is 9.10. The maximum Gasteiger partial charge on any atom is 0.229 e. The number of pyridine rings is 1. The predicted molar refractivity (Wildman–Crippen MR) is 216 cm³/mol. The van der Waals surface area contributed by atoms with Crippen LogP contribution >= 0.6 is 23.1 Å². The average Bonchev–Trinajstić information content (AvgIpc) is 4.01. The summed E-state index contributed by atoms with van der Waals surface area (Å²) in [6.45, 7) is 8.95. The van der Waals surface area contributed by atoms with Crippen LogP contribution in [0.25, 0.3) is 16.5 Å². The first kappa shape index (κ1) is 36.3. The van der Waals surface area contributed by atoms with E-state index in [9.17, 15) is 4.57 Å². The lowest BCUT2D eigenvalue weighted by atomic mass is 9.98. The third-order valence-electron chi connectivity index (χ3n) is 10.1. The van der Waals surface area contributed by atoms with E-state index in [1.165, 1.54) is 19.1 Å².